The molecule has 0 atom stereocenters. The molecule has 0 unspecified atom stereocenters. The zero-order valence-corrected chi connectivity index (χ0v) is 19.1. The molecule has 0 fully saturated rings. The normalized spacial score (nSPS) is 11.7. The Morgan fingerprint density at radius 2 is 1.36 bits per heavy atom. The molecule has 0 spiro atoms. The molecule has 0 N–H and O–H groups in total. The lowest BCUT2D eigenvalue weighted by Gasteiger charge is -2.15. The van der Waals surface area contributed by atoms with Crippen molar-refractivity contribution in [1.82, 2.24) is 9.13 Å². The van der Waals surface area contributed by atoms with E-state index in [1.165, 1.54) is 5.56 Å². The third-order valence-corrected chi connectivity index (χ3v) is 5.16. The van der Waals surface area contributed by atoms with Crippen LogP contribution in [0.1, 0.15) is 12.5 Å². The maximum atomic E-state index is 4.36. The maximum absolute atomic E-state index is 4.36. The van der Waals surface area contributed by atoms with Gasteiger partial charge in [-0.15, -0.1) is 5.69 Å². The summed E-state index contributed by atoms with van der Waals surface area (Å²) >= 11 is 0. The summed E-state index contributed by atoms with van der Waals surface area (Å²) in [4.78, 5) is 0. The van der Waals surface area contributed by atoms with Crippen LogP contribution in [0.4, 0.5) is 22.7 Å². The molecule has 1 heterocycles. The van der Waals surface area contributed by atoms with Gasteiger partial charge in [-0.3, -0.25) is 0 Å². The molecule has 4 rings (SSSR count). The lowest BCUT2D eigenvalue weighted by molar-refractivity contribution is -0.430. The Bertz CT molecular complexity index is 1290. The van der Waals surface area contributed by atoms with Gasteiger partial charge >= 0.3 is 0 Å². The van der Waals surface area contributed by atoms with E-state index in [2.05, 4.69) is 62.7 Å². The molecule has 0 saturated carbocycles. The molecular weight excluding hydrogens is 410 g/mol. The molecule has 0 amide bonds. The van der Waals surface area contributed by atoms with Gasteiger partial charge in [-0.2, -0.15) is 14.8 Å². The van der Waals surface area contributed by atoms with E-state index < -0.39 is 0 Å². The van der Waals surface area contributed by atoms with Gasteiger partial charge in [-0.05, 0) is 43.3 Å². The van der Waals surface area contributed by atoms with Gasteiger partial charge in [-0.1, -0.05) is 30.3 Å². The number of imidazole rings is 1. The van der Waals surface area contributed by atoms with Crippen molar-refractivity contribution in [2.75, 3.05) is 6.54 Å². The SMILES string of the molecule is CC[N+](=Cc1ccccc1)c1ccc(N=Nc2ccc([N-]N=c3n(C)ccn3C)cc2)cc1. The molecule has 7 heteroatoms. The van der Waals surface area contributed by atoms with Crippen LogP contribution in [0.15, 0.2) is 107 Å². The van der Waals surface area contributed by atoms with E-state index in [1.807, 2.05) is 90.2 Å². The predicted octanol–water partition coefficient (Wildman–Crippen LogP) is 6.08. The highest BCUT2D eigenvalue weighted by molar-refractivity contribution is 5.76. The molecule has 166 valence electrons. The number of nitrogens with zero attached hydrogens (tertiary/aromatic N) is 7. The van der Waals surface area contributed by atoms with Crippen LogP contribution >= 0.6 is 0 Å². The molecule has 0 bridgehead atoms. The summed E-state index contributed by atoms with van der Waals surface area (Å²) in [6.07, 6.45) is 6.02. The lowest BCUT2D eigenvalue weighted by Crippen LogP contribution is -2.20. The van der Waals surface area contributed by atoms with E-state index in [0.29, 0.717) is 0 Å². The average molecular weight is 438 g/mol. The minimum Gasteiger partial charge on any atom is -0.573 e. The first-order chi connectivity index (χ1) is 16.1. The summed E-state index contributed by atoms with van der Waals surface area (Å²) in [6, 6.07) is 25.9. The Kier molecular flexibility index (Phi) is 6.90. The topological polar surface area (TPSA) is 64.0 Å². The van der Waals surface area contributed by atoms with Crippen molar-refractivity contribution in [1.29, 1.82) is 0 Å². The van der Waals surface area contributed by atoms with Crippen LogP contribution in [0.2, 0.25) is 0 Å². The van der Waals surface area contributed by atoms with Crippen LogP contribution in [0.3, 0.4) is 0 Å². The molecule has 3 aromatic carbocycles. The summed E-state index contributed by atoms with van der Waals surface area (Å²) in [5, 5.41) is 13.0. The molecule has 0 aliphatic rings. The number of rotatable bonds is 7. The molecule has 1 aromatic heterocycles. The third kappa shape index (κ3) is 5.71. The van der Waals surface area contributed by atoms with Gasteiger partial charge in [0.15, 0.2) is 11.8 Å². The van der Waals surface area contributed by atoms with Crippen molar-refractivity contribution >= 4 is 29.0 Å². The third-order valence-electron chi connectivity index (χ3n) is 5.16. The van der Waals surface area contributed by atoms with E-state index in [1.54, 1.807) is 0 Å². The molecule has 4 aromatic rings. The standard InChI is InChI=1S/C26H27N7/c1-4-33(20-21-8-6-5-7-9-21)25-16-14-24(15-17-25)28-27-22-10-12-23(13-11-22)29-30-26-31(2)18-19-32(26)3/h5-20H,4H2,1-3H3. The van der Waals surface area contributed by atoms with Crippen LogP contribution in [-0.2, 0) is 14.1 Å². The number of aromatic nitrogens is 2. The Morgan fingerprint density at radius 3 is 1.94 bits per heavy atom. The van der Waals surface area contributed by atoms with Crippen molar-refractivity contribution in [3.05, 3.63) is 108 Å². The van der Waals surface area contributed by atoms with Crippen LogP contribution in [0.5, 0.6) is 0 Å². The van der Waals surface area contributed by atoms with Gasteiger partial charge in [0.2, 0.25) is 5.69 Å². The lowest BCUT2D eigenvalue weighted by atomic mass is 10.2. The number of azo groups is 1. The van der Waals surface area contributed by atoms with Crippen molar-refractivity contribution in [2.24, 2.45) is 29.4 Å². The van der Waals surface area contributed by atoms with Gasteiger partial charge in [0.05, 0.1) is 11.4 Å². The van der Waals surface area contributed by atoms with E-state index >= 15 is 0 Å². The quantitative estimate of drug-likeness (QED) is 0.145. The monoisotopic (exact) mass is 437 g/mol. The second-order valence-corrected chi connectivity index (χ2v) is 7.58. The van der Waals surface area contributed by atoms with E-state index in [9.17, 15) is 0 Å². The van der Waals surface area contributed by atoms with Crippen molar-refractivity contribution in [3.8, 4) is 0 Å². The fraction of sp³-hybridized carbons (Fsp3) is 0.154. The smallest absolute Gasteiger partial charge is 0.205 e. The van der Waals surface area contributed by atoms with Crippen molar-refractivity contribution in [3.63, 3.8) is 0 Å². The van der Waals surface area contributed by atoms with Crippen molar-refractivity contribution < 1.29 is 4.58 Å². The number of hydrogen-bond donors (Lipinski definition) is 0. The zero-order valence-electron chi connectivity index (χ0n) is 19.1. The number of aryl methyl sites for hydroxylation is 2. The highest BCUT2D eigenvalue weighted by Crippen LogP contribution is 2.25. The fourth-order valence-electron chi connectivity index (χ4n) is 3.31. The fourth-order valence-corrected chi connectivity index (χ4v) is 3.31. The van der Waals surface area contributed by atoms with E-state index in [4.69, 9.17) is 0 Å². The highest BCUT2D eigenvalue weighted by Gasteiger charge is 2.07. The summed E-state index contributed by atoms with van der Waals surface area (Å²) in [7, 11) is 3.87. The molecule has 0 aliphatic carbocycles. The van der Waals surface area contributed by atoms with Crippen LogP contribution in [0.25, 0.3) is 5.43 Å². The first-order valence-electron chi connectivity index (χ1n) is 10.8. The summed E-state index contributed by atoms with van der Waals surface area (Å²) in [5.41, 5.74) is 9.67. The highest BCUT2D eigenvalue weighted by atomic mass is 15.3. The Labute approximate surface area is 193 Å². The molecule has 0 aliphatic heterocycles. The minimum atomic E-state index is 0.758. The van der Waals surface area contributed by atoms with Gasteiger partial charge in [0, 0.05) is 44.2 Å². The van der Waals surface area contributed by atoms with Gasteiger partial charge in [-0.25, -0.2) is 0 Å². The number of benzene rings is 3. The second kappa shape index (κ2) is 10.4. The summed E-state index contributed by atoms with van der Waals surface area (Å²) in [5.74, 6) is 0. The van der Waals surface area contributed by atoms with Gasteiger partial charge in [0.25, 0.3) is 0 Å². The average Bonchev–Trinajstić information content (AvgIpc) is 3.18. The first-order valence-corrected chi connectivity index (χ1v) is 10.8. The van der Waals surface area contributed by atoms with Crippen molar-refractivity contribution in [2.45, 2.75) is 6.92 Å². The Balaban J connectivity index is 1.42. The molecule has 0 radical (unpaired) electrons. The largest absolute Gasteiger partial charge is 0.573 e. The predicted molar refractivity (Wildman–Crippen MR) is 132 cm³/mol. The van der Waals surface area contributed by atoms with Crippen LogP contribution in [-0.4, -0.2) is 26.5 Å². The zero-order chi connectivity index (χ0) is 23.0. The molecular formula is C26H27N7. The Morgan fingerprint density at radius 1 is 0.788 bits per heavy atom. The van der Waals surface area contributed by atoms with E-state index in [0.717, 1.165) is 34.9 Å². The maximum Gasteiger partial charge on any atom is 0.205 e. The van der Waals surface area contributed by atoms with Crippen LogP contribution < -0.4 is 5.62 Å². The summed E-state index contributed by atoms with van der Waals surface area (Å²) in [6.45, 7) is 3.01. The second-order valence-electron chi connectivity index (χ2n) is 7.58. The van der Waals surface area contributed by atoms with Gasteiger partial charge < -0.3 is 19.7 Å². The first kappa shape index (κ1) is 22.0. The minimum absolute atomic E-state index is 0.758. The molecule has 0 saturated heterocycles. The number of hydrogen-bond acceptors (Lipinski definition) is 3. The van der Waals surface area contributed by atoms with Gasteiger partial charge in [0.1, 0.15) is 6.54 Å². The molecule has 7 nitrogen and oxygen atoms in total. The Hall–Kier alpha value is -4.26. The summed E-state index contributed by atoms with van der Waals surface area (Å²) < 4.78 is 6.03. The molecule has 33 heavy (non-hydrogen) atoms. The van der Waals surface area contributed by atoms with Crippen LogP contribution in [0, 0.1) is 0 Å². The van der Waals surface area contributed by atoms with E-state index in [-0.39, 0.29) is 0 Å².